The molecule has 2 aromatic carbocycles. The van der Waals surface area contributed by atoms with Gasteiger partial charge in [0.2, 0.25) is 0 Å². The van der Waals surface area contributed by atoms with Crippen molar-refractivity contribution in [2.24, 2.45) is 0 Å². The van der Waals surface area contributed by atoms with Gasteiger partial charge in [0, 0.05) is 14.1 Å². The van der Waals surface area contributed by atoms with Crippen LogP contribution in [0.1, 0.15) is 12.0 Å². The van der Waals surface area contributed by atoms with Gasteiger partial charge in [0.1, 0.15) is 23.0 Å². The second-order valence-electron chi connectivity index (χ2n) is 5.51. The topological polar surface area (TPSA) is 34.6 Å². The monoisotopic (exact) mass is 320 g/mol. The van der Waals surface area contributed by atoms with Crippen LogP contribution in [0.5, 0.6) is 11.5 Å². The Kier molecular flexibility index (Phi) is 4.96. The molecule has 4 heteroatoms. The lowest BCUT2D eigenvalue weighted by atomic mass is 10.3. The van der Waals surface area contributed by atoms with E-state index >= 15 is 0 Å². The third kappa shape index (κ3) is 4.04. The third-order valence-electron chi connectivity index (χ3n) is 3.43. The van der Waals surface area contributed by atoms with Gasteiger partial charge in [-0.15, -0.1) is 0 Å². The molecule has 0 aliphatic rings. The minimum absolute atomic E-state index is 0.630. The number of para-hydroxylation sites is 2. The van der Waals surface area contributed by atoms with Gasteiger partial charge in [0.05, 0.1) is 0 Å². The Morgan fingerprint density at radius 3 is 1.75 bits per heavy atom. The lowest BCUT2D eigenvalue weighted by Gasteiger charge is -2.21. The van der Waals surface area contributed by atoms with E-state index in [1.54, 1.807) is 0 Å². The Morgan fingerprint density at radius 1 is 0.708 bits per heavy atom. The van der Waals surface area contributed by atoms with Crippen LogP contribution >= 0.6 is 0 Å². The minimum Gasteiger partial charge on any atom is -0.449 e. The van der Waals surface area contributed by atoms with Gasteiger partial charge >= 0.3 is 0 Å². The number of hydrogen-bond donors (Lipinski definition) is 0. The zero-order valence-electron chi connectivity index (χ0n) is 13.8. The highest BCUT2D eigenvalue weighted by atomic mass is 16.7. The van der Waals surface area contributed by atoms with E-state index in [4.69, 9.17) is 9.47 Å². The predicted molar refractivity (Wildman–Crippen MR) is 95.4 cm³/mol. The molecule has 0 saturated heterocycles. The van der Waals surface area contributed by atoms with Crippen LogP contribution in [0.4, 0.5) is 5.82 Å². The molecule has 0 saturated carbocycles. The van der Waals surface area contributed by atoms with E-state index in [2.05, 4.69) is 4.98 Å². The molecule has 0 radical (unpaired) electrons. The minimum atomic E-state index is -0.630. The molecular weight excluding hydrogens is 300 g/mol. The fraction of sp³-hybridized carbons (Fsp3) is 0.150. The van der Waals surface area contributed by atoms with Crippen LogP contribution in [0.3, 0.4) is 0 Å². The molecule has 0 fully saturated rings. The van der Waals surface area contributed by atoms with Crippen molar-refractivity contribution < 1.29 is 9.47 Å². The van der Waals surface area contributed by atoms with E-state index in [0.29, 0.717) is 5.69 Å². The smallest absolute Gasteiger partial charge is 0.284 e. The van der Waals surface area contributed by atoms with Gasteiger partial charge in [0.25, 0.3) is 6.29 Å². The van der Waals surface area contributed by atoms with Gasteiger partial charge in [0.15, 0.2) is 0 Å². The van der Waals surface area contributed by atoms with Crippen LogP contribution in [-0.2, 0) is 0 Å². The second kappa shape index (κ2) is 7.51. The number of ether oxygens (including phenoxy) is 2. The van der Waals surface area contributed by atoms with Crippen molar-refractivity contribution in [2.45, 2.75) is 6.29 Å². The Balaban J connectivity index is 1.90. The van der Waals surface area contributed by atoms with Gasteiger partial charge in [-0.05, 0) is 36.4 Å². The summed E-state index contributed by atoms with van der Waals surface area (Å²) in [6, 6.07) is 25.0. The van der Waals surface area contributed by atoms with Crippen molar-refractivity contribution >= 4 is 5.82 Å². The molecule has 1 heterocycles. The number of nitrogens with zero attached hydrogens (tertiary/aromatic N) is 2. The maximum Gasteiger partial charge on any atom is 0.284 e. The summed E-state index contributed by atoms with van der Waals surface area (Å²) < 4.78 is 12.1. The normalized spacial score (nSPS) is 10.5. The van der Waals surface area contributed by atoms with Gasteiger partial charge in [-0.3, -0.25) is 0 Å². The second-order valence-corrected chi connectivity index (χ2v) is 5.51. The largest absolute Gasteiger partial charge is 0.449 e. The van der Waals surface area contributed by atoms with Gasteiger partial charge < -0.3 is 14.4 Å². The SMILES string of the molecule is CN(C)c1cccc(C(Oc2ccccc2)Oc2ccccc2)n1. The molecule has 0 unspecified atom stereocenters. The summed E-state index contributed by atoms with van der Waals surface area (Å²) in [4.78, 5) is 6.59. The van der Waals surface area contributed by atoms with Gasteiger partial charge in [-0.1, -0.05) is 42.5 Å². The number of aromatic nitrogens is 1. The Morgan fingerprint density at radius 2 is 1.25 bits per heavy atom. The van der Waals surface area contributed by atoms with Crippen LogP contribution < -0.4 is 14.4 Å². The van der Waals surface area contributed by atoms with E-state index < -0.39 is 6.29 Å². The Labute approximate surface area is 142 Å². The van der Waals surface area contributed by atoms with E-state index in [0.717, 1.165) is 17.3 Å². The molecule has 0 bridgehead atoms. The first-order valence-electron chi connectivity index (χ1n) is 7.80. The van der Waals surface area contributed by atoms with E-state index in [9.17, 15) is 0 Å². The molecule has 1 aromatic heterocycles. The Hall–Kier alpha value is -3.01. The first-order valence-corrected chi connectivity index (χ1v) is 7.80. The molecule has 122 valence electrons. The van der Waals surface area contributed by atoms with Crippen molar-refractivity contribution in [1.29, 1.82) is 0 Å². The maximum atomic E-state index is 6.04. The van der Waals surface area contributed by atoms with Crippen LogP contribution in [0.15, 0.2) is 78.9 Å². The standard InChI is InChI=1S/C20H20N2O2/c1-22(2)19-15-9-14-18(21-19)20(23-16-10-5-3-6-11-16)24-17-12-7-4-8-13-17/h3-15,20H,1-2H3. The van der Waals surface area contributed by atoms with Gasteiger partial charge in [-0.2, -0.15) is 0 Å². The quantitative estimate of drug-likeness (QED) is 0.634. The molecule has 3 aromatic rings. The van der Waals surface area contributed by atoms with E-state index in [-0.39, 0.29) is 0 Å². The fourth-order valence-corrected chi connectivity index (χ4v) is 2.21. The first kappa shape index (κ1) is 15.9. The summed E-state index contributed by atoms with van der Waals surface area (Å²) in [6.45, 7) is 0. The lowest BCUT2D eigenvalue weighted by molar-refractivity contribution is 0.000414. The molecule has 0 spiro atoms. The summed E-state index contributed by atoms with van der Waals surface area (Å²) in [7, 11) is 3.91. The molecule has 4 nitrogen and oxygen atoms in total. The van der Waals surface area contributed by atoms with Gasteiger partial charge in [-0.25, -0.2) is 4.98 Å². The molecule has 0 aliphatic heterocycles. The van der Waals surface area contributed by atoms with Crippen molar-refractivity contribution in [3.05, 3.63) is 84.6 Å². The van der Waals surface area contributed by atoms with Crippen LogP contribution in [-0.4, -0.2) is 19.1 Å². The average Bonchev–Trinajstić information content (AvgIpc) is 2.63. The van der Waals surface area contributed by atoms with Crippen molar-refractivity contribution in [3.63, 3.8) is 0 Å². The predicted octanol–water partition coefficient (Wildman–Crippen LogP) is 4.30. The lowest BCUT2D eigenvalue weighted by Crippen LogP contribution is -2.18. The molecule has 0 N–H and O–H groups in total. The summed E-state index contributed by atoms with van der Waals surface area (Å²) in [5.74, 6) is 2.32. The Bertz CT molecular complexity index is 719. The molecular formula is C20H20N2O2. The van der Waals surface area contributed by atoms with Crippen molar-refractivity contribution in [2.75, 3.05) is 19.0 Å². The highest BCUT2D eigenvalue weighted by Crippen LogP contribution is 2.25. The van der Waals surface area contributed by atoms with Crippen molar-refractivity contribution in [3.8, 4) is 11.5 Å². The van der Waals surface area contributed by atoms with E-state index in [1.807, 2.05) is 97.9 Å². The van der Waals surface area contributed by atoms with E-state index in [1.165, 1.54) is 0 Å². The molecule has 0 aliphatic carbocycles. The highest BCUT2D eigenvalue weighted by Gasteiger charge is 2.18. The number of benzene rings is 2. The fourth-order valence-electron chi connectivity index (χ4n) is 2.21. The summed E-state index contributed by atoms with van der Waals surface area (Å²) in [5, 5.41) is 0. The maximum absolute atomic E-state index is 6.04. The summed E-state index contributed by atoms with van der Waals surface area (Å²) in [6.07, 6.45) is -0.630. The van der Waals surface area contributed by atoms with Crippen LogP contribution in [0, 0.1) is 0 Å². The summed E-state index contributed by atoms with van der Waals surface area (Å²) in [5.41, 5.74) is 0.717. The zero-order chi connectivity index (χ0) is 16.8. The third-order valence-corrected chi connectivity index (χ3v) is 3.43. The van der Waals surface area contributed by atoms with Crippen molar-refractivity contribution in [1.82, 2.24) is 4.98 Å². The zero-order valence-corrected chi connectivity index (χ0v) is 13.8. The number of pyridine rings is 1. The number of anilines is 1. The average molecular weight is 320 g/mol. The molecule has 0 amide bonds. The number of rotatable bonds is 6. The number of hydrogen-bond acceptors (Lipinski definition) is 4. The molecule has 3 rings (SSSR count). The highest BCUT2D eigenvalue weighted by molar-refractivity contribution is 5.37. The van der Waals surface area contributed by atoms with Crippen LogP contribution in [0.2, 0.25) is 0 Å². The summed E-state index contributed by atoms with van der Waals surface area (Å²) >= 11 is 0. The molecule has 24 heavy (non-hydrogen) atoms. The molecule has 0 atom stereocenters. The first-order chi connectivity index (χ1) is 11.7. The van der Waals surface area contributed by atoms with Crippen LogP contribution in [0.25, 0.3) is 0 Å².